The molecule has 100 valence electrons. The summed E-state index contributed by atoms with van der Waals surface area (Å²) in [4.78, 5) is 2.21. The van der Waals surface area contributed by atoms with E-state index >= 15 is 0 Å². The molecule has 0 radical (unpaired) electrons. The Morgan fingerprint density at radius 3 is 3.00 bits per heavy atom. The van der Waals surface area contributed by atoms with Crippen molar-refractivity contribution in [2.75, 3.05) is 25.1 Å². The van der Waals surface area contributed by atoms with Gasteiger partial charge in [-0.05, 0) is 18.6 Å². The van der Waals surface area contributed by atoms with Gasteiger partial charge in [0, 0.05) is 30.8 Å². The summed E-state index contributed by atoms with van der Waals surface area (Å²) in [6, 6.07) is 10.2. The van der Waals surface area contributed by atoms with E-state index in [2.05, 4.69) is 21.2 Å². The highest BCUT2D eigenvalue weighted by molar-refractivity contribution is 5.69. The van der Waals surface area contributed by atoms with Gasteiger partial charge in [0.05, 0.1) is 12.8 Å². The van der Waals surface area contributed by atoms with Gasteiger partial charge in [0.1, 0.15) is 5.75 Å². The average Bonchev–Trinajstić information content (AvgIpc) is 3.07. The van der Waals surface area contributed by atoms with Crippen molar-refractivity contribution < 1.29 is 4.74 Å². The maximum atomic E-state index is 5.93. The van der Waals surface area contributed by atoms with Crippen molar-refractivity contribution in [2.24, 2.45) is 5.73 Å². The zero-order chi connectivity index (χ0) is 13.2. The molecule has 2 aromatic rings. The van der Waals surface area contributed by atoms with E-state index in [0.717, 1.165) is 42.3 Å². The monoisotopic (exact) mass is 258 g/mol. The highest BCUT2D eigenvalue weighted by atomic mass is 16.5. The van der Waals surface area contributed by atoms with Gasteiger partial charge in [-0.15, -0.1) is 0 Å². The van der Waals surface area contributed by atoms with Crippen molar-refractivity contribution in [3.63, 3.8) is 0 Å². The van der Waals surface area contributed by atoms with E-state index in [9.17, 15) is 0 Å². The topological polar surface area (TPSA) is 67.2 Å². The Kier molecular flexibility index (Phi) is 3.13. The minimum Gasteiger partial charge on any atom is -0.496 e. The number of nitrogens with one attached hydrogen (secondary N) is 1. The van der Waals surface area contributed by atoms with Crippen LogP contribution in [-0.4, -0.2) is 36.4 Å². The molecular formula is C14H18N4O. The Labute approximate surface area is 112 Å². The van der Waals surface area contributed by atoms with Crippen molar-refractivity contribution in [3.05, 3.63) is 30.3 Å². The number of hydrogen-bond acceptors (Lipinski definition) is 4. The van der Waals surface area contributed by atoms with Crippen LogP contribution in [0.25, 0.3) is 11.3 Å². The van der Waals surface area contributed by atoms with E-state index in [-0.39, 0.29) is 6.04 Å². The predicted octanol–water partition coefficient (Wildman–Crippen LogP) is 1.62. The second-order valence-electron chi connectivity index (χ2n) is 4.83. The van der Waals surface area contributed by atoms with Crippen LogP contribution in [-0.2, 0) is 0 Å². The van der Waals surface area contributed by atoms with Crippen LogP contribution >= 0.6 is 0 Å². The number of aromatic amines is 1. The molecule has 2 heterocycles. The molecule has 0 aliphatic carbocycles. The summed E-state index contributed by atoms with van der Waals surface area (Å²) in [7, 11) is 1.68. The molecule has 1 unspecified atom stereocenters. The first-order valence-corrected chi connectivity index (χ1v) is 6.47. The van der Waals surface area contributed by atoms with E-state index < -0.39 is 0 Å². The Balaban J connectivity index is 1.88. The van der Waals surface area contributed by atoms with Gasteiger partial charge in [0.15, 0.2) is 5.82 Å². The zero-order valence-electron chi connectivity index (χ0n) is 11.0. The SMILES string of the molecule is COc1ccccc1-c1cc(N2CCC(N)C2)n[nH]1. The number of H-pyrrole nitrogens is 1. The number of nitrogens with zero attached hydrogens (tertiary/aromatic N) is 2. The van der Waals surface area contributed by atoms with Gasteiger partial charge in [0.2, 0.25) is 0 Å². The van der Waals surface area contributed by atoms with Crippen molar-refractivity contribution >= 4 is 5.82 Å². The van der Waals surface area contributed by atoms with Crippen molar-refractivity contribution in [1.82, 2.24) is 10.2 Å². The number of methoxy groups -OCH3 is 1. The third kappa shape index (κ3) is 2.29. The van der Waals surface area contributed by atoms with Crippen molar-refractivity contribution in [2.45, 2.75) is 12.5 Å². The molecular weight excluding hydrogens is 240 g/mol. The maximum Gasteiger partial charge on any atom is 0.151 e. The van der Waals surface area contributed by atoms with Crippen LogP contribution in [0.5, 0.6) is 5.75 Å². The first-order chi connectivity index (χ1) is 9.28. The lowest BCUT2D eigenvalue weighted by atomic mass is 10.1. The molecule has 19 heavy (non-hydrogen) atoms. The fraction of sp³-hybridized carbons (Fsp3) is 0.357. The van der Waals surface area contributed by atoms with E-state index in [1.165, 1.54) is 0 Å². The van der Waals surface area contributed by atoms with Crippen LogP contribution in [0.4, 0.5) is 5.82 Å². The maximum absolute atomic E-state index is 5.93. The number of rotatable bonds is 3. The molecule has 1 aliphatic heterocycles. The number of para-hydroxylation sites is 1. The summed E-state index contributed by atoms with van der Waals surface area (Å²) in [5.41, 5.74) is 7.91. The van der Waals surface area contributed by atoms with Gasteiger partial charge < -0.3 is 15.4 Å². The van der Waals surface area contributed by atoms with Crippen molar-refractivity contribution in [3.8, 4) is 17.0 Å². The smallest absolute Gasteiger partial charge is 0.151 e. The molecule has 1 saturated heterocycles. The lowest BCUT2D eigenvalue weighted by molar-refractivity contribution is 0.416. The molecule has 3 N–H and O–H groups in total. The molecule has 1 aliphatic rings. The van der Waals surface area contributed by atoms with Crippen LogP contribution < -0.4 is 15.4 Å². The van der Waals surface area contributed by atoms with Crippen molar-refractivity contribution in [1.29, 1.82) is 0 Å². The lowest BCUT2D eigenvalue weighted by Crippen LogP contribution is -2.26. The highest BCUT2D eigenvalue weighted by Gasteiger charge is 2.21. The second kappa shape index (κ2) is 4.93. The Morgan fingerprint density at radius 1 is 1.42 bits per heavy atom. The third-order valence-corrected chi connectivity index (χ3v) is 3.51. The number of nitrogens with two attached hydrogens (primary N) is 1. The van der Waals surface area contributed by atoms with Gasteiger partial charge >= 0.3 is 0 Å². The molecule has 5 heteroatoms. The Morgan fingerprint density at radius 2 is 2.26 bits per heavy atom. The van der Waals surface area contributed by atoms with Gasteiger partial charge in [-0.3, -0.25) is 5.10 Å². The number of aromatic nitrogens is 2. The summed E-state index contributed by atoms with van der Waals surface area (Å²) in [6.45, 7) is 1.84. The third-order valence-electron chi connectivity index (χ3n) is 3.51. The minimum absolute atomic E-state index is 0.256. The molecule has 5 nitrogen and oxygen atoms in total. The van der Waals surface area contributed by atoms with Crippen LogP contribution in [0, 0.1) is 0 Å². The van der Waals surface area contributed by atoms with Crippen LogP contribution in [0.2, 0.25) is 0 Å². The molecule has 3 rings (SSSR count). The van der Waals surface area contributed by atoms with E-state index in [0.29, 0.717) is 0 Å². The normalized spacial score (nSPS) is 18.8. The zero-order valence-corrected chi connectivity index (χ0v) is 11.0. The molecule has 1 aromatic carbocycles. The molecule has 1 aromatic heterocycles. The molecule has 0 amide bonds. The fourth-order valence-electron chi connectivity index (χ4n) is 2.47. The van der Waals surface area contributed by atoms with E-state index in [4.69, 9.17) is 10.5 Å². The number of anilines is 1. The molecule has 0 saturated carbocycles. The summed E-state index contributed by atoms with van der Waals surface area (Å²) in [5.74, 6) is 1.80. The number of ether oxygens (including phenoxy) is 1. The van der Waals surface area contributed by atoms with E-state index in [1.54, 1.807) is 7.11 Å². The molecule has 0 bridgehead atoms. The van der Waals surface area contributed by atoms with Crippen LogP contribution in [0.3, 0.4) is 0 Å². The second-order valence-corrected chi connectivity index (χ2v) is 4.83. The summed E-state index contributed by atoms with van der Waals surface area (Å²) in [6.07, 6.45) is 1.02. The Bertz CT molecular complexity index is 566. The number of hydrogen-bond donors (Lipinski definition) is 2. The fourth-order valence-corrected chi connectivity index (χ4v) is 2.47. The standard InChI is InChI=1S/C14H18N4O/c1-19-13-5-3-2-4-11(13)12-8-14(17-16-12)18-7-6-10(15)9-18/h2-5,8,10H,6-7,9,15H2,1H3,(H,16,17). The molecule has 1 atom stereocenters. The van der Waals surface area contributed by atoms with Gasteiger partial charge in [-0.25, -0.2) is 0 Å². The van der Waals surface area contributed by atoms with Gasteiger partial charge in [-0.1, -0.05) is 12.1 Å². The van der Waals surface area contributed by atoms with Gasteiger partial charge in [-0.2, -0.15) is 5.10 Å². The average molecular weight is 258 g/mol. The van der Waals surface area contributed by atoms with Crippen LogP contribution in [0.1, 0.15) is 6.42 Å². The highest BCUT2D eigenvalue weighted by Crippen LogP contribution is 2.30. The quantitative estimate of drug-likeness (QED) is 0.878. The first-order valence-electron chi connectivity index (χ1n) is 6.47. The van der Waals surface area contributed by atoms with E-state index in [1.807, 2.05) is 24.3 Å². The molecule has 0 spiro atoms. The minimum atomic E-state index is 0.256. The molecule has 1 fully saturated rings. The predicted molar refractivity (Wildman–Crippen MR) is 75.4 cm³/mol. The summed E-state index contributed by atoms with van der Waals surface area (Å²) < 4.78 is 5.37. The first kappa shape index (κ1) is 12.0. The summed E-state index contributed by atoms with van der Waals surface area (Å²) >= 11 is 0. The number of benzene rings is 1. The lowest BCUT2D eigenvalue weighted by Gasteiger charge is -2.13. The summed E-state index contributed by atoms with van der Waals surface area (Å²) in [5, 5.41) is 7.45. The Hall–Kier alpha value is -2.01. The van der Waals surface area contributed by atoms with Gasteiger partial charge in [0.25, 0.3) is 0 Å². The largest absolute Gasteiger partial charge is 0.496 e. The van der Waals surface area contributed by atoms with Crippen LogP contribution in [0.15, 0.2) is 30.3 Å².